The fraction of sp³-hybridized carbons (Fsp3) is 0.200. The summed E-state index contributed by atoms with van der Waals surface area (Å²) in [5.41, 5.74) is 1.73. The van der Waals surface area contributed by atoms with E-state index in [1.54, 1.807) is 18.5 Å². The smallest absolute Gasteiger partial charge is 0.162 e. The van der Waals surface area contributed by atoms with E-state index in [4.69, 9.17) is 16.0 Å². The van der Waals surface area contributed by atoms with Gasteiger partial charge in [0, 0.05) is 6.20 Å². The topological polar surface area (TPSA) is 38.9 Å². The Labute approximate surface area is 86.8 Å². The summed E-state index contributed by atoms with van der Waals surface area (Å²) >= 11 is 5.69. The lowest BCUT2D eigenvalue weighted by molar-refractivity contribution is 0.535. The van der Waals surface area contributed by atoms with Gasteiger partial charge in [0.25, 0.3) is 0 Å². The van der Waals surface area contributed by atoms with Gasteiger partial charge in [-0.15, -0.1) is 11.6 Å². The highest BCUT2D eigenvalue weighted by atomic mass is 35.5. The third-order valence-corrected chi connectivity index (χ3v) is 2.22. The molecule has 2 rings (SSSR count). The number of aromatic nitrogens is 2. The summed E-state index contributed by atoms with van der Waals surface area (Å²) in [4.78, 5) is 8.45. The zero-order valence-electron chi connectivity index (χ0n) is 7.70. The van der Waals surface area contributed by atoms with Crippen molar-refractivity contribution in [2.24, 2.45) is 0 Å². The van der Waals surface area contributed by atoms with Crippen LogP contribution in [0.5, 0.6) is 0 Å². The van der Waals surface area contributed by atoms with E-state index in [1.807, 2.05) is 13.0 Å². The average Bonchev–Trinajstić information content (AvgIpc) is 2.65. The second-order valence-electron chi connectivity index (χ2n) is 2.90. The number of rotatable bonds is 2. The molecule has 0 aliphatic carbocycles. The van der Waals surface area contributed by atoms with E-state index in [9.17, 15) is 0 Å². The van der Waals surface area contributed by atoms with Crippen molar-refractivity contribution in [1.82, 2.24) is 9.97 Å². The third kappa shape index (κ3) is 1.63. The summed E-state index contributed by atoms with van der Waals surface area (Å²) in [6.07, 6.45) is 3.33. The Bertz CT molecular complexity index is 439. The van der Waals surface area contributed by atoms with Crippen LogP contribution in [0.2, 0.25) is 0 Å². The minimum atomic E-state index is 0.395. The highest BCUT2D eigenvalue weighted by molar-refractivity contribution is 6.16. The van der Waals surface area contributed by atoms with Crippen molar-refractivity contribution in [1.29, 1.82) is 0 Å². The Morgan fingerprint density at radius 2 is 2.29 bits per heavy atom. The molecular weight excluding hydrogens is 200 g/mol. The number of furan rings is 1. The fourth-order valence-corrected chi connectivity index (χ4v) is 1.37. The second-order valence-corrected chi connectivity index (χ2v) is 3.16. The third-order valence-electron chi connectivity index (χ3n) is 1.95. The van der Waals surface area contributed by atoms with Crippen LogP contribution in [0.25, 0.3) is 11.4 Å². The molecule has 72 valence electrons. The van der Waals surface area contributed by atoms with Gasteiger partial charge in [-0.2, -0.15) is 0 Å². The highest BCUT2D eigenvalue weighted by Crippen LogP contribution is 2.20. The van der Waals surface area contributed by atoms with E-state index in [2.05, 4.69) is 9.97 Å². The molecule has 3 nitrogen and oxygen atoms in total. The van der Waals surface area contributed by atoms with Crippen molar-refractivity contribution < 1.29 is 4.42 Å². The minimum absolute atomic E-state index is 0.395. The van der Waals surface area contributed by atoms with Gasteiger partial charge in [0.05, 0.1) is 23.4 Å². The first-order valence-electron chi connectivity index (χ1n) is 4.23. The second kappa shape index (κ2) is 3.80. The Kier molecular flexibility index (Phi) is 2.50. The van der Waals surface area contributed by atoms with Gasteiger partial charge in [-0.05, 0) is 19.1 Å². The first-order valence-corrected chi connectivity index (χ1v) is 4.77. The lowest BCUT2D eigenvalue weighted by Crippen LogP contribution is -1.92. The molecule has 0 saturated carbocycles. The summed E-state index contributed by atoms with van der Waals surface area (Å²) in [5, 5.41) is 0. The first kappa shape index (κ1) is 9.21. The van der Waals surface area contributed by atoms with Gasteiger partial charge >= 0.3 is 0 Å². The van der Waals surface area contributed by atoms with Crippen molar-refractivity contribution in [3.8, 4) is 11.4 Å². The van der Waals surface area contributed by atoms with E-state index in [0.29, 0.717) is 11.7 Å². The molecule has 0 bridgehead atoms. The van der Waals surface area contributed by atoms with E-state index in [1.165, 1.54) is 0 Å². The van der Waals surface area contributed by atoms with Crippen LogP contribution in [0, 0.1) is 6.92 Å². The Morgan fingerprint density at radius 1 is 1.43 bits per heavy atom. The molecule has 2 aromatic rings. The SMILES string of the molecule is Cc1occc1-c1nccc(CCl)n1. The van der Waals surface area contributed by atoms with Crippen molar-refractivity contribution in [3.63, 3.8) is 0 Å². The standard InChI is InChI=1S/C10H9ClN2O/c1-7-9(3-5-14-7)10-12-4-2-8(6-11)13-10/h2-5H,6H2,1H3. The summed E-state index contributed by atoms with van der Waals surface area (Å²) in [7, 11) is 0. The largest absolute Gasteiger partial charge is 0.469 e. The molecule has 0 amide bonds. The number of nitrogens with zero attached hydrogens (tertiary/aromatic N) is 2. The van der Waals surface area contributed by atoms with E-state index >= 15 is 0 Å². The summed E-state index contributed by atoms with van der Waals surface area (Å²) in [5.74, 6) is 1.87. The van der Waals surface area contributed by atoms with Crippen LogP contribution >= 0.6 is 11.6 Å². The van der Waals surface area contributed by atoms with Crippen LogP contribution in [0.4, 0.5) is 0 Å². The molecule has 0 spiro atoms. The Hall–Kier alpha value is -1.35. The van der Waals surface area contributed by atoms with Crippen LogP contribution in [-0.2, 0) is 5.88 Å². The monoisotopic (exact) mass is 208 g/mol. The lowest BCUT2D eigenvalue weighted by Gasteiger charge is -1.99. The van der Waals surface area contributed by atoms with Crippen LogP contribution in [0.1, 0.15) is 11.5 Å². The fourth-order valence-electron chi connectivity index (χ4n) is 1.22. The molecule has 2 aromatic heterocycles. The van der Waals surface area contributed by atoms with E-state index in [-0.39, 0.29) is 0 Å². The molecule has 4 heteroatoms. The maximum Gasteiger partial charge on any atom is 0.162 e. The molecule has 0 fully saturated rings. The van der Waals surface area contributed by atoms with Gasteiger partial charge in [-0.3, -0.25) is 0 Å². The number of hydrogen-bond acceptors (Lipinski definition) is 3. The van der Waals surface area contributed by atoms with Gasteiger partial charge in [-0.25, -0.2) is 9.97 Å². The maximum absolute atomic E-state index is 5.69. The van der Waals surface area contributed by atoms with Crippen molar-refractivity contribution in [2.75, 3.05) is 0 Å². The Balaban J connectivity index is 2.47. The normalized spacial score (nSPS) is 10.4. The minimum Gasteiger partial charge on any atom is -0.469 e. The molecule has 0 aliphatic heterocycles. The quantitative estimate of drug-likeness (QED) is 0.713. The lowest BCUT2D eigenvalue weighted by atomic mass is 10.2. The van der Waals surface area contributed by atoms with Crippen LogP contribution in [-0.4, -0.2) is 9.97 Å². The van der Waals surface area contributed by atoms with Crippen LogP contribution in [0.3, 0.4) is 0 Å². The van der Waals surface area contributed by atoms with Crippen molar-refractivity contribution >= 4 is 11.6 Å². The van der Waals surface area contributed by atoms with Crippen LogP contribution < -0.4 is 0 Å². The highest BCUT2D eigenvalue weighted by Gasteiger charge is 2.07. The number of alkyl halides is 1. The van der Waals surface area contributed by atoms with Gasteiger partial charge in [0.15, 0.2) is 5.82 Å². The Morgan fingerprint density at radius 3 is 2.93 bits per heavy atom. The van der Waals surface area contributed by atoms with Gasteiger partial charge in [0.1, 0.15) is 5.76 Å². The van der Waals surface area contributed by atoms with Gasteiger partial charge < -0.3 is 4.42 Å². The van der Waals surface area contributed by atoms with Gasteiger partial charge in [-0.1, -0.05) is 0 Å². The predicted molar refractivity (Wildman–Crippen MR) is 54.0 cm³/mol. The van der Waals surface area contributed by atoms with Crippen molar-refractivity contribution in [3.05, 3.63) is 36.0 Å². The molecule has 0 saturated heterocycles. The molecule has 0 radical (unpaired) electrons. The zero-order valence-corrected chi connectivity index (χ0v) is 8.45. The molecule has 0 aromatic carbocycles. The molecular formula is C10H9ClN2O. The van der Waals surface area contributed by atoms with E-state index < -0.39 is 0 Å². The molecule has 14 heavy (non-hydrogen) atoms. The zero-order chi connectivity index (χ0) is 9.97. The van der Waals surface area contributed by atoms with E-state index in [0.717, 1.165) is 17.0 Å². The summed E-state index contributed by atoms with van der Waals surface area (Å²) in [6.45, 7) is 1.88. The van der Waals surface area contributed by atoms with Crippen molar-refractivity contribution in [2.45, 2.75) is 12.8 Å². The number of halogens is 1. The molecule has 0 aliphatic rings. The molecule has 2 heterocycles. The maximum atomic E-state index is 5.69. The number of aryl methyl sites for hydroxylation is 1. The predicted octanol–water partition coefficient (Wildman–Crippen LogP) is 2.78. The molecule has 0 atom stereocenters. The molecule has 0 unspecified atom stereocenters. The number of hydrogen-bond donors (Lipinski definition) is 0. The van der Waals surface area contributed by atoms with Crippen LogP contribution in [0.15, 0.2) is 29.0 Å². The summed E-state index contributed by atoms with van der Waals surface area (Å²) in [6, 6.07) is 3.65. The van der Waals surface area contributed by atoms with Gasteiger partial charge in [0.2, 0.25) is 0 Å². The average molecular weight is 209 g/mol. The first-order chi connectivity index (χ1) is 6.81. The molecule has 0 N–H and O–H groups in total. The summed E-state index contributed by atoms with van der Waals surface area (Å²) < 4.78 is 5.18.